The van der Waals surface area contributed by atoms with Gasteiger partial charge in [0.15, 0.2) is 11.5 Å². The number of hydrogen-bond donors (Lipinski definition) is 1. The molecule has 3 aromatic heterocycles. The lowest BCUT2D eigenvalue weighted by Crippen LogP contribution is -2.49. The number of ether oxygens (including phenoxy) is 3. The Balaban J connectivity index is 1.20. The molecule has 1 saturated heterocycles. The van der Waals surface area contributed by atoms with Gasteiger partial charge in [-0.05, 0) is 29.5 Å². The molecule has 0 saturated carbocycles. The number of aromatic carboxylic acids is 1. The van der Waals surface area contributed by atoms with Gasteiger partial charge in [0.25, 0.3) is 0 Å². The molecule has 0 atom stereocenters. The Hall–Kier alpha value is -4.93. The maximum Gasteiger partial charge on any atom is 0.341 e. The smallest absolute Gasteiger partial charge is 0.341 e. The minimum atomic E-state index is -1.29. The summed E-state index contributed by atoms with van der Waals surface area (Å²) in [7, 11) is 4.57. The molecule has 1 aromatic carbocycles. The Morgan fingerprint density at radius 2 is 1.80 bits per heavy atom. The number of pyridine rings is 1. The molecular weight excluding hydrogens is 594 g/mol. The number of nitrogens with zero attached hydrogens (tertiary/aromatic N) is 9. The van der Waals surface area contributed by atoms with Gasteiger partial charge < -0.3 is 33.7 Å². The maximum absolute atomic E-state index is 13.0. The van der Waals surface area contributed by atoms with E-state index < -0.39 is 11.4 Å². The van der Waals surface area contributed by atoms with E-state index in [9.17, 15) is 19.5 Å². The number of amides is 1. The van der Waals surface area contributed by atoms with E-state index in [1.54, 1.807) is 21.6 Å². The lowest BCUT2D eigenvalue weighted by molar-refractivity contribution is -0.131. The van der Waals surface area contributed by atoms with Gasteiger partial charge in [-0.25, -0.2) is 9.78 Å². The highest BCUT2D eigenvalue weighted by Crippen LogP contribution is 2.42. The monoisotopic (exact) mass is 625 g/mol. The quantitative estimate of drug-likeness (QED) is 0.236. The zero-order chi connectivity index (χ0) is 31.4. The van der Waals surface area contributed by atoms with Gasteiger partial charge in [0.05, 0.1) is 26.7 Å². The van der Waals surface area contributed by atoms with Crippen molar-refractivity contribution in [2.45, 2.75) is 25.0 Å². The van der Waals surface area contributed by atoms with Gasteiger partial charge >= 0.3 is 5.97 Å². The fraction of sp³-hybridized carbons (Fsp3) is 0.407. The van der Waals surface area contributed by atoms with Gasteiger partial charge in [0.1, 0.15) is 16.9 Å². The van der Waals surface area contributed by atoms with Crippen molar-refractivity contribution >= 4 is 40.6 Å². The SMILES string of the molecule is CCn1cc(C(=O)O)c(=O)c2cnc(N3CCN(C(=O)CCSc4nnnn4-c4ccc(OC)c(OC)c4OC)CC3)nc21. The molecule has 1 aliphatic heterocycles. The number of carboxylic acid groups (broad SMARTS) is 1. The molecule has 0 aliphatic carbocycles. The number of fused-ring (bicyclic) bond motifs is 1. The van der Waals surface area contributed by atoms with Crippen molar-refractivity contribution in [3.8, 4) is 22.9 Å². The molecule has 1 N–H and O–H groups in total. The van der Waals surface area contributed by atoms with E-state index >= 15 is 0 Å². The zero-order valence-electron chi connectivity index (χ0n) is 24.6. The topological polar surface area (TPSA) is 180 Å². The number of carbonyl (C=O) groups excluding carboxylic acids is 1. The second-order valence-electron chi connectivity index (χ2n) is 9.56. The fourth-order valence-electron chi connectivity index (χ4n) is 4.93. The summed E-state index contributed by atoms with van der Waals surface area (Å²) in [4.78, 5) is 49.8. The molecule has 1 aliphatic rings. The van der Waals surface area contributed by atoms with Crippen LogP contribution < -0.4 is 24.5 Å². The molecule has 4 heterocycles. The summed E-state index contributed by atoms with van der Waals surface area (Å²) >= 11 is 1.35. The average Bonchev–Trinajstić information content (AvgIpc) is 3.52. The zero-order valence-corrected chi connectivity index (χ0v) is 25.4. The summed E-state index contributed by atoms with van der Waals surface area (Å²) in [5, 5.41) is 22.0. The second-order valence-corrected chi connectivity index (χ2v) is 10.6. The Morgan fingerprint density at radius 1 is 1.05 bits per heavy atom. The summed E-state index contributed by atoms with van der Waals surface area (Å²) in [6.45, 7) is 4.24. The molecular formula is C27H31N9O7S. The second kappa shape index (κ2) is 13.2. The number of aromatic nitrogens is 7. The summed E-state index contributed by atoms with van der Waals surface area (Å²) < 4.78 is 19.5. The summed E-state index contributed by atoms with van der Waals surface area (Å²) in [6.07, 6.45) is 2.96. The van der Waals surface area contributed by atoms with Crippen LogP contribution in [-0.4, -0.2) is 110 Å². The lowest BCUT2D eigenvalue weighted by Gasteiger charge is -2.34. The minimum Gasteiger partial charge on any atom is -0.493 e. The number of hydrogen-bond acceptors (Lipinski definition) is 13. The molecule has 44 heavy (non-hydrogen) atoms. The van der Waals surface area contributed by atoms with E-state index in [0.717, 1.165) is 0 Å². The highest BCUT2D eigenvalue weighted by molar-refractivity contribution is 7.99. The predicted molar refractivity (Wildman–Crippen MR) is 159 cm³/mol. The molecule has 1 fully saturated rings. The third-order valence-corrected chi connectivity index (χ3v) is 8.11. The van der Waals surface area contributed by atoms with E-state index in [0.29, 0.717) is 78.2 Å². The summed E-state index contributed by atoms with van der Waals surface area (Å²) in [5.41, 5.74) is -0.00236. The molecule has 17 heteroatoms. The molecule has 0 bridgehead atoms. The molecule has 0 spiro atoms. The first-order valence-electron chi connectivity index (χ1n) is 13.7. The van der Waals surface area contributed by atoms with E-state index in [2.05, 4.69) is 25.5 Å². The number of carbonyl (C=O) groups is 2. The van der Waals surface area contributed by atoms with E-state index in [1.807, 2.05) is 11.8 Å². The van der Waals surface area contributed by atoms with E-state index in [4.69, 9.17) is 14.2 Å². The fourth-order valence-corrected chi connectivity index (χ4v) is 5.74. The Labute approximate surface area is 255 Å². The molecule has 4 aromatic rings. The van der Waals surface area contributed by atoms with Gasteiger partial charge in [-0.2, -0.15) is 9.67 Å². The van der Waals surface area contributed by atoms with Crippen molar-refractivity contribution < 1.29 is 28.9 Å². The van der Waals surface area contributed by atoms with E-state index in [-0.39, 0.29) is 23.3 Å². The van der Waals surface area contributed by atoms with Crippen molar-refractivity contribution in [2.24, 2.45) is 0 Å². The van der Waals surface area contributed by atoms with Crippen LogP contribution >= 0.6 is 11.8 Å². The van der Waals surface area contributed by atoms with Crippen LogP contribution in [0.2, 0.25) is 0 Å². The highest BCUT2D eigenvalue weighted by Gasteiger charge is 2.25. The van der Waals surface area contributed by atoms with Crippen molar-refractivity contribution in [1.29, 1.82) is 0 Å². The summed E-state index contributed by atoms with van der Waals surface area (Å²) in [6, 6.07) is 3.50. The third kappa shape index (κ3) is 5.82. The number of benzene rings is 1. The number of anilines is 1. The Morgan fingerprint density at radius 3 is 2.45 bits per heavy atom. The van der Waals surface area contributed by atoms with Crippen LogP contribution in [0.15, 0.2) is 34.5 Å². The number of methoxy groups -OCH3 is 3. The predicted octanol–water partition coefficient (Wildman–Crippen LogP) is 1.34. The van der Waals surface area contributed by atoms with Crippen LogP contribution in [-0.2, 0) is 11.3 Å². The van der Waals surface area contributed by atoms with E-state index in [1.165, 1.54) is 50.2 Å². The van der Waals surface area contributed by atoms with Gasteiger partial charge in [-0.15, -0.1) is 5.10 Å². The molecule has 1 amide bonds. The lowest BCUT2D eigenvalue weighted by atomic mass is 10.2. The molecule has 232 valence electrons. The van der Waals surface area contributed by atoms with Gasteiger partial charge in [0.2, 0.25) is 28.2 Å². The van der Waals surface area contributed by atoms with Crippen molar-refractivity contribution in [3.05, 3.63) is 40.3 Å². The third-order valence-electron chi connectivity index (χ3n) is 7.19. The highest BCUT2D eigenvalue weighted by atomic mass is 32.2. The van der Waals surface area contributed by atoms with Crippen molar-refractivity contribution in [1.82, 2.24) is 39.6 Å². The minimum absolute atomic E-state index is 0.000299. The molecule has 0 radical (unpaired) electrons. The molecule has 0 unspecified atom stereocenters. The molecule has 5 rings (SSSR count). The number of aryl methyl sites for hydroxylation is 1. The van der Waals surface area contributed by atoms with Crippen LogP contribution in [0.3, 0.4) is 0 Å². The van der Waals surface area contributed by atoms with Crippen LogP contribution in [0.25, 0.3) is 16.7 Å². The number of thioether (sulfide) groups is 1. The van der Waals surface area contributed by atoms with Gasteiger partial charge in [0, 0.05) is 57.3 Å². The number of tetrazole rings is 1. The van der Waals surface area contributed by atoms with Crippen LogP contribution in [0.4, 0.5) is 5.95 Å². The Bertz CT molecular complexity index is 1750. The first-order chi connectivity index (χ1) is 21.3. The van der Waals surface area contributed by atoms with Crippen LogP contribution in [0.1, 0.15) is 23.7 Å². The number of rotatable bonds is 11. The number of piperazine rings is 1. The largest absolute Gasteiger partial charge is 0.493 e. The normalized spacial score (nSPS) is 13.3. The van der Waals surface area contributed by atoms with Crippen LogP contribution in [0.5, 0.6) is 17.2 Å². The molecule has 16 nitrogen and oxygen atoms in total. The van der Waals surface area contributed by atoms with Gasteiger partial charge in [-0.1, -0.05) is 11.8 Å². The van der Waals surface area contributed by atoms with Crippen LogP contribution in [0, 0.1) is 0 Å². The van der Waals surface area contributed by atoms with Crippen molar-refractivity contribution in [3.63, 3.8) is 0 Å². The van der Waals surface area contributed by atoms with Gasteiger partial charge in [-0.3, -0.25) is 9.59 Å². The average molecular weight is 626 g/mol. The number of carboxylic acids is 1. The Kier molecular flexibility index (Phi) is 9.12. The maximum atomic E-state index is 13.0. The summed E-state index contributed by atoms with van der Waals surface area (Å²) in [5.74, 6) is 0.906. The standard InChI is InChI=1S/C27H31N9O7S/c1-5-33-15-17(25(39)40)21(38)16-14-28-26(29-24(16)33)35-11-9-34(10-12-35)20(37)8-13-44-27-30-31-32-36(27)18-6-7-19(41-2)23(43-4)22(18)42-3/h6-7,14-15H,5,8-13H2,1-4H3,(H,39,40). The first-order valence-corrected chi connectivity index (χ1v) is 14.7. The van der Waals surface area contributed by atoms with Crippen molar-refractivity contribution in [2.75, 3.05) is 58.2 Å². The first kappa shape index (κ1) is 30.5.